The Morgan fingerprint density at radius 1 is 1.29 bits per heavy atom. The molecule has 1 saturated carbocycles. The Labute approximate surface area is 115 Å². The molecule has 92 valence electrons. The number of rotatable bonds is 1. The van der Waals surface area contributed by atoms with Crippen molar-refractivity contribution in [2.75, 3.05) is 5.34 Å². The Balaban J connectivity index is 0.000000329. The number of halogens is 3. The van der Waals surface area contributed by atoms with Crippen molar-refractivity contribution in [2.45, 2.75) is 25.2 Å². The topological polar surface area (TPSA) is 30.2 Å². The van der Waals surface area contributed by atoms with Crippen LogP contribution in [0.15, 0.2) is 18.6 Å². The minimum absolute atomic E-state index is 0.194. The lowest BCUT2D eigenvalue weighted by Crippen LogP contribution is -2.12. The molecule has 17 heavy (non-hydrogen) atoms. The van der Waals surface area contributed by atoms with Crippen molar-refractivity contribution in [3.63, 3.8) is 0 Å². The zero-order valence-electron chi connectivity index (χ0n) is 9.11. The van der Waals surface area contributed by atoms with E-state index in [2.05, 4.69) is 14.4 Å². The van der Waals surface area contributed by atoms with Crippen LogP contribution in [0.5, 0.6) is 0 Å². The summed E-state index contributed by atoms with van der Waals surface area (Å²) in [5.74, 6) is 1.76. The maximum absolute atomic E-state index is 5.96. The summed E-state index contributed by atoms with van der Waals surface area (Å²) in [5.41, 5.74) is 0.913. The van der Waals surface area contributed by atoms with Crippen molar-refractivity contribution >= 4 is 40.3 Å². The van der Waals surface area contributed by atoms with Gasteiger partial charge in [0, 0.05) is 18.3 Å². The molecule has 1 aliphatic rings. The molecule has 0 spiro atoms. The third-order valence-corrected chi connectivity index (χ3v) is 3.20. The highest BCUT2D eigenvalue weighted by Gasteiger charge is 2.23. The first kappa shape index (κ1) is 12.9. The second-order valence-corrected chi connectivity index (χ2v) is 4.98. The minimum Gasteiger partial charge on any atom is -0.299 e. The van der Waals surface area contributed by atoms with Crippen molar-refractivity contribution in [1.29, 1.82) is 0 Å². The second-order valence-electron chi connectivity index (χ2n) is 3.82. The van der Waals surface area contributed by atoms with Gasteiger partial charge in [0.2, 0.25) is 0 Å². The Bertz CT molecular complexity index is 494. The molecule has 0 aliphatic heterocycles. The fourth-order valence-corrected chi connectivity index (χ4v) is 2.08. The van der Waals surface area contributed by atoms with Crippen molar-refractivity contribution < 1.29 is 0 Å². The van der Waals surface area contributed by atoms with Gasteiger partial charge in [-0.15, -0.1) is 23.2 Å². The van der Waals surface area contributed by atoms with Gasteiger partial charge in [0.05, 0.1) is 11.5 Å². The summed E-state index contributed by atoms with van der Waals surface area (Å²) < 4.78 is 2.05. The molecule has 0 N–H and O–H groups in total. The molecular weight excluding hydrogens is 281 g/mol. The maximum atomic E-state index is 5.96. The second kappa shape index (κ2) is 5.89. The fraction of sp³-hybridized carbons (Fsp3) is 0.455. The van der Waals surface area contributed by atoms with Gasteiger partial charge in [0.15, 0.2) is 5.15 Å². The number of fused-ring (bicyclic) bond motifs is 1. The van der Waals surface area contributed by atoms with E-state index in [0.29, 0.717) is 11.1 Å². The third kappa shape index (κ3) is 2.67. The van der Waals surface area contributed by atoms with Gasteiger partial charge in [-0.2, -0.15) is 0 Å². The lowest BCUT2D eigenvalue weighted by atomic mass is 9.85. The van der Waals surface area contributed by atoms with E-state index in [0.717, 1.165) is 11.3 Å². The van der Waals surface area contributed by atoms with E-state index in [1.165, 1.54) is 19.3 Å². The van der Waals surface area contributed by atoms with Gasteiger partial charge < -0.3 is 0 Å². The van der Waals surface area contributed by atoms with Crippen LogP contribution in [-0.4, -0.2) is 19.7 Å². The van der Waals surface area contributed by atoms with Gasteiger partial charge >= 0.3 is 0 Å². The first-order chi connectivity index (χ1) is 8.27. The Hall–Kier alpha value is -0.510. The highest BCUT2D eigenvalue weighted by Crippen LogP contribution is 2.36. The highest BCUT2D eigenvalue weighted by atomic mass is 35.5. The van der Waals surface area contributed by atoms with Gasteiger partial charge in [-0.05, 0) is 12.8 Å². The van der Waals surface area contributed by atoms with Crippen LogP contribution in [0.3, 0.4) is 0 Å². The monoisotopic (exact) mass is 291 g/mol. The summed E-state index contributed by atoms with van der Waals surface area (Å²) in [6.45, 7) is 0. The molecule has 1 fully saturated rings. The Morgan fingerprint density at radius 3 is 2.59 bits per heavy atom. The number of alkyl halides is 2. The molecule has 0 amide bonds. The average Bonchev–Trinajstić information content (AvgIpc) is 2.63. The number of hydrogen-bond acceptors (Lipinski definition) is 2. The zero-order chi connectivity index (χ0) is 12.3. The van der Waals surface area contributed by atoms with Crippen molar-refractivity contribution in [3.8, 4) is 0 Å². The average molecular weight is 293 g/mol. The van der Waals surface area contributed by atoms with Crippen molar-refractivity contribution in [3.05, 3.63) is 29.6 Å². The highest BCUT2D eigenvalue weighted by molar-refractivity contribution is 6.40. The molecule has 0 radical (unpaired) electrons. The number of imidazole rings is 1. The molecule has 3 nitrogen and oxygen atoms in total. The molecule has 6 heteroatoms. The van der Waals surface area contributed by atoms with E-state index in [4.69, 9.17) is 34.8 Å². The standard InChI is InChI=1S/C10H10ClN3.CH2Cl2/c11-9-8-6-13-10(7-2-1-3-7)14(8)5-4-12-9;2-1-3/h4-7H,1-3H2;1H2. The summed E-state index contributed by atoms with van der Waals surface area (Å²) in [7, 11) is 0. The normalized spacial score (nSPS) is 15.2. The minimum atomic E-state index is 0.194. The van der Waals surface area contributed by atoms with Crippen LogP contribution in [0.2, 0.25) is 5.15 Å². The lowest BCUT2D eigenvalue weighted by Gasteiger charge is -2.23. The van der Waals surface area contributed by atoms with E-state index in [-0.39, 0.29) is 5.34 Å². The zero-order valence-corrected chi connectivity index (χ0v) is 11.4. The molecule has 2 heterocycles. The van der Waals surface area contributed by atoms with Gasteiger partial charge in [0.25, 0.3) is 0 Å². The van der Waals surface area contributed by atoms with E-state index in [1.54, 1.807) is 6.20 Å². The van der Waals surface area contributed by atoms with Crippen LogP contribution in [-0.2, 0) is 0 Å². The number of aromatic nitrogens is 3. The SMILES string of the molecule is ClCCl.Clc1nccn2c(C3CCC3)ncc12. The van der Waals surface area contributed by atoms with Crippen LogP contribution < -0.4 is 0 Å². The summed E-state index contributed by atoms with van der Waals surface area (Å²) in [6.07, 6.45) is 9.28. The van der Waals surface area contributed by atoms with Crippen LogP contribution in [0, 0.1) is 0 Å². The maximum Gasteiger partial charge on any atom is 0.154 e. The largest absolute Gasteiger partial charge is 0.299 e. The van der Waals surface area contributed by atoms with E-state index in [1.807, 2.05) is 12.4 Å². The van der Waals surface area contributed by atoms with Gasteiger partial charge in [-0.25, -0.2) is 9.97 Å². The molecule has 0 bridgehead atoms. The van der Waals surface area contributed by atoms with E-state index < -0.39 is 0 Å². The molecule has 3 rings (SSSR count). The van der Waals surface area contributed by atoms with Crippen LogP contribution in [0.1, 0.15) is 31.0 Å². The molecule has 2 aromatic rings. The molecule has 0 saturated heterocycles. The summed E-state index contributed by atoms with van der Waals surface area (Å²) in [5, 5.41) is 0.727. The smallest absolute Gasteiger partial charge is 0.154 e. The fourth-order valence-electron chi connectivity index (χ4n) is 1.88. The lowest BCUT2D eigenvalue weighted by molar-refractivity contribution is 0.400. The van der Waals surface area contributed by atoms with Crippen molar-refractivity contribution in [1.82, 2.24) is 14.4 Å². The number of hydrogen-bond donors (Lipinski definition) is 0. The Kier molecular flexibility index (Phi) is 4.48. The molecular formula is C11H12Cl3N3. The summed E-state index contributed by atoms with van der Waals surface area (Å²) in [4.78, 5) is 8.45. The summed E-state index contributed by atoms with van der Waals surface area (Å²) in [6, 6.07) is 0. The number of nitrogens with zero attached hydrogens (tertiary/aromatic N) is 3. The predicted octanol–water partition coefficient (Wildman–Crippen LogP) is 4.07. The quantitative estimate of drug-likeness (QED) is 0.742. The Morgan fingerprint density at radius 2 is 2.00 bits per heavy atom. The molecule has 0 unspecified atom stereocenters. The molecule has 0 aromatic carbocycles. The van der Waals surface area contributed by atoms with Gasteiger partial charge in [-0.3, -0.25) is 4.40 Å². The first-order valence-electron chi connectivity index (χ1n) is 5.37. The van der Waals surface area contributed by atoms with Crippen molar-refractivity contribution in [2.24, 2.45) is 0 Å². The first-order valence-corrected chi connectivity index (χ1v) is 6.82. The molecule has 0 atom stereocenters. The van der Waals surface area contributed by atoms with Crippen LogP contribution in [0.25, 0.3) is 5.52 Å². The molecule has 1 aliphatic carbocycles. The van der Waals surface area contributed by atoms with Crippen LogP contribution >= 0.6 is 34.8 Å². The molecule has 2 aromatic heterocycles. The van der Waals surface area contributed by atoms with Gasteiger partial charge in [0.1, 0.15) is 11.3 Å². The third-order valence-electron chi connectivity index (χ3n) is 2.91. The van der Waals surface area contributed by atoms with Crippen LogP contribution in [0.4, 0.5) is 0 Å². The predicted molar refractivity (Wildman–Crippen MR) is 71.2 cm³/mol. The van der Waals surface area contributed by atoms with E-state index >= 15 is 0 Å². The summed E-state index contributed by atoms with van der Waals surface area (Å²) >= 11 is 15.5. The van der Waals surface area contributed by atoms with Gasteiger partial charge in [-0.1, -0.05) is 18.0 Å². The van der Waals surface area contributed by atoms with E-state index in [9.17, 15) is 0 Å².